The lowest BCUT2D eigenvalue weighted by atomic mass is 10.2. The molecule has 0 radical (unpaired) electrons. The second kappa shape index (κ2) is 7.35. The Labute approximate surface area is 107 Å². The molecule has 1 amide bonds. The number of benzene rings is 1. The molecular formula is C13H20N2OS. The predicted octanol–water partition coefficient (Wildman–Crippen LogP) is 2.15. The van der Waals surface area contributed by atoms with Gasteiger partial charge in [-0.1, -0.05) is 19.1 Å². The van der Waals surface area contributed by atoms with Crippen molar-refractivity contribution < 1.29 is 4.79 Å². The van der Waals surface area contributed by atoms with Crippen LogP contribution in [0.2, 0.25) is 0 Å². The number of hydrogen-bond acceptors (Lipinski definition) is 3. The molecule has 0 aliphatic rings. The zero-order valence-corrected chi connectivity index (χ0v) is 11.2. The fraction of sp³-hybridized carbons (Fsp3) is 0.462. The number of amides is 1. The van der Waals surface area contributed by atoms with Gasteiger partial charge in [-0.2, -0.15) is 0 Å². The Morgan fingerprint density at radius 2 is 2.06 bits per heavy atom. The van der Waals surface area contributed by atoms with Gasteiger partial charge in [0.05, 0.1) is 5.25 Å². The van der Waals surface area contributed by atoms with E-state index in [4.69, 9.17) is 5.73 Å². The summed E-state index contributed by atoms with van der Waals surface area (Å²) in [5.41, 5.74) is 6.64. The number of hydrogen-bond donors (Lipinski definition) is 2. The first kappa shape index (κ1) is 14.1. The summed E-state index contributed by atoms with van der Waals surface area (Å²) in [5, 5.41) is 2.83. The van der Waals surface area contributed by atoms with Crippen LogP contribution >= 0.6 is 11.8 Å². The molecule has 0 aromatic heterocycles. The van der Waals surface area contributed by atoms with Gasteiger partial charge in [0.1, 0.15) is 0 Å². The number of nitrogens with one attached hydrogen (secondary N) is 1. The van der Waals surface area contributed by atoms with Gasteiger partial charge in [-0.15, -0.1) is 11.8 Å². The lowest BCUT2D eigenvalue weighted by Crippen LogP contribution is -2.31. The van der Waals surface area contributed by atoms with Gasteiger partial charge in [-0.25, -0.2) is 0 Å². The van der Waals surface area contributed by atoms with Gasteiger partial charge in [0.2, 0.25) is 5.91 Å². The molecule has 0 heterocycles. The first-order chi connectivity index (χ1) is 8.17. The van der Waals surface area contributed by atoms with E-state index in [2.05, 4.69) is 5.32 Å². The minimum absolute atomic E-state index is 0.0646. The normalized spacial score (nSPS) is 12.2. The third kappa shape index (κ3) is 4.79. The van der Waals surface area contributed by atoms with E-state index < -0.39 is 0 Å². The maximum absolute atomic E-state index is 11.7. The molecule has 1 atom stereocenters. The van der Waals surface area contributed by atoms with Gasteiger partial charge in [0, 0.05) is 18.0 Å². The van der Waals surface area contributed by atoms with Crippen molar-refractivity contribution in [2.24, 2.45) is 5.73 Å². The standard InChI is InChI=1S/C13H20N2OS/c1-3-8-15-13(16)10(2)17-12-6-4-11(9-14)5-7-12/h4-7,10H,3,8-9,14H2,1-2H3,(H,15,16). The van der Waals surface area contributed by atoms with Crippen molar-refractivity contribution in [1.82, 2.24) is 5.32 Å². The molecule has 4 heteroatoms. The molecule has 0 aliphatic heterocycles. The van der Waals surface area contributed by atoms with Gasteiger partial charge in [-0.05, 0) is 31.0 Å². The molecule has 0 saturated heterocycles. The summed E-state index contributed by atoms with van der Waals surface area (Å²) in [6, 6.07) is 8.02. The molecule has 94 valence electrons. The third-order valence-corrected chi connectivity index (χ3v) is 3.50. The van der Waals surface area contributed by atoms with Gasteiger partial charge in [0.15, 0.2) is 0 Å². The zero-order chi connectivity index (χ0) is 12.7. The number of carbonyl (C=O) groups is 1. The minimum Gasteiger partial charge on any atom is -0.355 e. The van der Waals surface area contributed by atoms with Gasteiger partial charge in [-0.3, -0.25) is 4.79 Å². The third-order valence-electron chi connectivity index (χ3n) is 2.39. The van der Waals surface area contributed by atoms with Crippen LogP contribution in [0.4, 0.5) is 0 Å². The summed E-state index contributed by atoms with van der Waals surface area (Å²) in [6.07, 6.45) is 0.967. The quantitative estimate of drug-likeness (QED) is 0.763. The molecule has 1 rings (SSSR count). The highest BCUT2D eigenvalue weighted by Crippen LogP contribution is 2.23. The van der Waals surface area contributed by atoms with Crippen LogP contribution in [0.15, 0.2) is 29.2 Å². The molecule has 0 bridgehead atoms. The maximum atomic E-state index is 11.7. The van der Waals surface area contributed by atoms with Crippen LogP contribution in [-0.4, -0.2) is 17.7 Å². The SMILES string of the molecule is CCCNC(=O)C(C)Sc1ccc(CN)cc1. The Morgan fingerprint density at radius 1 is 1.41 bits per heavy atom. The first-order valence-electron chi connectivity index (χ1n) is 5.90. The Kier molecular flexibility index (Phi) is 6.08. The lowest BCUT2D eigenvalue weighted by Gasteiger charge is -2.11. The fourth-order valence-corrected chi connectivity index (χ4v) is 2.25. The topological polar surface area (TPSA) is 55.1 Å². The van der Waals surface area contributed by atoms with Crippen LogP contribution in [0.5, 0.6) is 0 Å². The maximum Gasteiger partial charge on any atom is 0.233 e. The molecule has 1 unspecified atom stereocenters. The highest BCUT2D eigenvalue weighted by molar-refractivity contribution is 8.00. The fourth-order valence-electron chi connectivity index (χ4n) is 1.35. The van der Waals surface area contributed by atoms with Crippen LogP contribution in [0.3, 0.4) is 0 Å². The first-order valence-corrected chi connectivity index (χ1v) is 6.78. The van der Waals surface area contributed by atoms with Crippen molar-refractivity contribution in [3.63, 3.8) is 0 Å². The van der Waals surface area contributed by atoms with E-state index in [1.165, 1.54) is 0 Å². The summed E-state index contributed by atoms with van der Waals surface area (Å²) in [6.45, 7) is 5.27. The van der Waals surface area contributed by atoms with Gasteiger partial charge < -0.3 is 11.1 Å². The van der Waals surface area contributed by atoms with Crippen LogP contribution in [0, 0.1) is 0 Å². The molecule has 1 aromatic carbocycles. The van der Waals surface area contributed by atoms with Crippen LogP contribution < -0.4 is 11.1 Å². The molecule has 3 N–H and O–H groups in total. The number of thioether (sulfide) groups is 1. The molecule has 17 heavy (non-hydrogen) atoms. The Hall–Kier alpha value is -1.00. The van der Waals surface area contributed by atoms with Gasteiger partial charge in [0.25, 0.3) is 0 Å². The number of rotatable bonds is 6. The van der Waals surface area contributed by atoms with E-state index in [0.29, 0.717) is 6.54 Å². The Balaban J connectivity index is 2.49. The van der Waals surface area contributed by atoms with Crippen molar-refractivity contribution in [2.75, 3.05) is 6.54 Å². The van der Waals surface area contributed by atoms with E-state index in [1.807, 2.05) is 38.1 Å². The largest absolute Gasteiger partial charge is 0.355 e. The van der Waals surface area contributed by atoms with Crippen molar-refractivity contribution in [1.29, 1.82) is 0 Å². The summed E-state index contributed by atoms with van der Waals surface area (Å²) >= 11 is 1.57. The number of nitrogens with two attached hydrogens (primary N) is 1. The average Bonchev–Trinajstić information content (AvgIpc) is 2.36. The van der Waals surface area contributed by atoms with Crippen LogP contribution in [-0.2, 0) is 11.3 Å². The van der Waals surface area contributed by atoms with E-state index in [0.717, 1.165) is 23.4 Å². The minimum atomic E-state index is -0.0646. The Bertz CT molecular complexity index is 351. The van der Waals surface area contributed by atoms with Crippen LogP contribution in [0.25, 0.3) is 0 Å². The second-order valence-electron chi connectivity index (χ2n) is 3.90. The summed E-state index contributed by atoms with van der Waals surface area (Å²) in [5.74, 6) is 0.0970. The van der Waals surface area contributed by atoms with E-state index in [1.54, 1.807) is 11.8 Å². The van der Waals surface area contributed by atoms with Crippen molar-refractivity contribution in [2.45, 2.75) is 37.0 Å². The van der Waals surface area contributed by atoms with E-state index >= 15 is 0 Å². The predicted molar refractivity (Wildman–Crippen MR) is 73.0 cm³/mol. The molecule has 0 spiro atoms. The molecule has 0 aliphatic carbocycles. The molecule has 0 saturated carbocycles. The molecule has 3 nitrogen and oxygen atoms in total. The Morgan fingerprint density at radius 3 is 2.59 bits per heavy atom. The van der Waals surface area contributed by atoms with E-state index in [-0.39, 0.29) is 11.2 Å². The highest BCUT2D eigenvalue weighted by Gasteiger charge is 2.13. The van der Waals surface area contributed by atoms with E-state index in [9.17, 15) is 4.79 Å². The van der Waals surface area contributed by atoms with Crippen LogP contribution in [0.1, 0.15) is 25.8 Å². The molecular weight excluding hydrogens is 232 g/mol. The van der Waals surface area contributed by atoms with Crippen molar-refractivity contribution >= 4 is 17.7 Å². The van der Waals surface area contributed by atoms with Gasteiger partial charge >= 0.3 is 0 Å². The molecule has 1 aromatic rings. The average molecular weight is 252 g/mol. The summed E-state index contributed by atoms with van der Waals surface area (Å²) in [7, 11) is 0. The van der Waals surface area contributed by atoms with Crippen molar-refractivity contribution in [3.05, 3.63) is 29.8 Å². The summed E-state index contributed by atoms with van der Waals surface area (Å²) < 4.78 is 0. The summed E-state index contributed by atoms with van der Waals surface area (Å²) in [4.78, 5) is 12.8. The molecule has 0 fully saturated rings. The second-order valence-corrected chi connectivity index (χ2v) is 5.31. The number of carbonyl (C=O) groups excluding carboxylic acids is 1. The zero-order valence-electron chi connectivity index (χ0n) is 10.4. The highest BCUT2D eigenvalue weighted by atomic mass is 32.2. The monoisotopic (exact) mass is 252 g/mol. The smallest absolute Gasteiger partial charge is 0.233 e. The lowest BCUT2D eigenvalue weighted by molar-refractivity contribution is -0.120. The van der Waals surface area contributed by atoms with Crippen molar-refractivity contribution in [3.8, 4) is 0 Å².